The quantitative estimate of drug-likeness (QED) is 0.313. The Morgan fingerprint density at radius 1 is 0.971 bits per heavy atom. The van der Waals surface area contributed by atoms with Crippen LogP contribution in [-0.4, -0.2) is 36.2 Å². The van der Waals surface area contributed by atoms with E-state index in [4.69, 9.17) is 4.74 Å². The van der Waals surface area contributed by atoms with E-state index in [0.717, 1.165) is 25.8 Å². The molecule has 3 aromatic carbocycles. The van der Waals surface area contributed by atoms with Gasteiger partial charge in [-0.2, -0.15) is 0 Å². The molecule has 0 fully saturated rings. The van der Waals surface area contributed by atoms with Gasteiger partial charge in [-0.25, -0.2) is 9.59 Å². The van der Waals surface area contributed by atoms with E-state index in [1.54, 1.807) is 6.07 Å². The van der Waals surface area contributed by atoms with Crippen molar-refractivity contribution in [2.75, 3.05) is 18.5 Å². The van der Waals surface area contributed by atoms with Gasteiger partial charge in [-0.05, 0) is 69.0 Å². The summed E-state index contributed by atoms with van der Waals surface area (Å²) in [6, 6.07) is 20.7. The first-order valence-electron chi connectivity index (χ1n) is 10.4. The fourth-order valence-electron chi connectivity index (χ4n) is 3.85. The van der Waals surface area contributed by atoms with Crippen molar-refractivity contribution in [3.63, 3.8) is 0 Å². The van der Waals surface area contributed by atoms with E-state index < -0.39 is 18.0 Å². The van der Waals surface area contributed by atoms with Crippen LogP contribution in [0.4, 0.5) is 10.5 Å². The van der Waals surface area contributed by atoms with E-state index in [-0.39, 0.29) is 30.3 Å². The highest BCUT2D eigenvalue weighted by Gasteiger charge is 2.28. The molecule has 3 aromatic rings. The minimum absolute atomic E-state index is 0.0289. The second-order valence-electron chi connectivity index (χ2n) is 7.43. The SMILES string of the molecule is O=C(C#CCNC(=O)OCC1c2ccccc2-c2ccccc21)Nc1ccc(I)cc1C(=O)O. The smallest absolute Gasteiger partial charge is 0.407 e. The molecule has 34 heavy (non-hydrogen) atoms. The van der Waals surface area contributed by atoms with Crippen LogP contribution in [0.25, 0.3) is 11.1 Å². The Morgan fingerprint density at radius 3 is 2.26 bits per heavy atom. The number of alkyl carbamates (subject to hydrolysis) is 1. The molecule has 1 aliphatic rings. The van der Waals surface area contributed by atoms with Gasteiger partial charge in [-0.3, -0.25) is 4.79 Å². The topological polar surface area (TPSA) is 105 Å². The summed E-state index contributed by atoms with van der Waals surface area (Å²) >= 11 is 1.99. The molecule has 0 radical (unpaired) electrons. The number of ether oxygens (including phenoxy) is 1. The zero-order valence-corrected chi connectivity index (χ0v) is 20.0. The fraction of sp³-hybridized carbons (Fsp3) is 0.115. The molecule has 0 atom stereocenters. The lowest BCUT2D eigenvalue weighted by atomic mass is 9.98. The number of nitrogens with one attached hydrogen (secondary N) is 2. The molecule has 2 amide bonds. The number of aromatic carboxylic acids is 1. The molecule has 1 aliphatic carbocycles. The van der Waals surface area contributed by atoms with E-state index in [1.165, 1.54) is 12.1 Å². The number of carbonyl (C=O) groups excluding carboxylic acids is 2. The molecule has 8 heteroatoms. The number of carboxylic acids is 1. The van der Waals surface area contributed by atoms with Crippen molar-refractivity contribution in [1.82, 2.24) is 5.32 Å². The number of hydrogen-bond donors (Lipinski definition) is 3. The van der Waals surface area contributed by atoms with Crippen LogP contribution in [0.1, 0.15) is 27.4 Å². The molecule has 0 heterocycles. The Bertz CT molecular complexity index is 1300. The summed E-state index contributed by atoms with van der Waals surface area (Å²) in [7, 11) is 0. The third-order valence-electron chi connectivity index (χ3n) is 5.33. The first-order valence-corrected chi connectivity index (χ1v) is 11.4. The molecule has 0 spiro atoms. The van der Waals surface area contributed by atoms with Crippen LogP contribution in [0.2, 0.25) is 0 Å². The molecule has 0 saturated carbocycles. The average molecular weight is 566 g/mol. The molecule has 0 unspecified atom stereocenters. The first-order chi connectivity index (χ1) is 16.4. The standard InChI is InChI=1S/C26H19IN2O5/c27-16-11-12-23(21(14-16)25(31)32)29-24(30)10-5-13-28-26(33)34-15-22-19-8-3-1-6-17(19)18-7-2-4-9-20(18)22/h1-4,6-9,11-12,14,22H,13,15H2,(H,28,33)(H,29,30)(H,31,32). The van der Waals surface area contributed by atoms with Crippen molar-refractivity contribution >= 4 is 46.2 Å². The minimum atomic E-state index is -1.15. The van der Waals surface area contributed by atoms with Crippen molar-refractivity contribution in [3.05, 3.63) is 87.0 Å². The number of rotatable bonds is 5. The Hall–Kier alpha value is -3.84. The Morgan fingerprint density at radius 2 is 1.62 bits per heavy atom. The van der Waals surface area contributed by atoms with Gasteiger partial charge in [0, 0.05) is 9.49 Å². The van der Waals surface area contributed by atoms with Crippen molar-refractivity contribution in [2.24, 2.45) is 0 Å². The molecular formula is C26H19IN2O5. The van der Waals surface area contributed by atoms with Gasteiger partial charge in [0.25, 0.3) is 5.91 Å². The normalized spacial score (nSPS) is 11.4. The van der Waals surface area contributed by atoms with Gasteiger partial charge < -0.3 is 20.5 Å². The second kappa shape index (κ2) is 10.4. The van der Waals surface area contributed by atoms with Crippen LogP contribution in [0.3, 0.4) is 0 Å². The highest BCUT2D eigenvalue weighted by molar-refractivity contribution is 14.1. The van der Waals surface area contributed by atoms with Gasteiger partial charge in [0.05, 0.1) is 17.8 Å². The Kier molecular flexibility index (Phi) is 7.13. The summed E-state index contributed by atoms with van der Waals surface area (Å²) in [5.74, 6) is 2.97. The molecule has 170 valence electrons. The van der Waals surface area contributed by atoms with Crippen LogP contribution in [-0.2, 0) is 9.53 Å². The number of benzene rings is 3. The maximum Gasteiger partial charge on any atom is 0.407 e. The van der Waals surface area contributed by atoms with Crippen LogP contribution >= 0.6 is 22.6 Å². The third kappa shape index (κ3) is 5.21. The zero-order chi connectivity index (χ0) is 24.1. The average Bonchev–Trinajstić information content (AvgIpc) is 3.15. The van der Waals surface area contributed by atoms with Crippen molar-refractivity contribution < 1.29 is 24.2 Å². The fourth-order valence-corrected chi connectivity index (χ4v) is 4.34. The van der Waals surface area contributed by atoms with E-state index in [0.29, 0.717) is 0 Å². The molecule has 0 aliphatic heterocycles. The molecule has 0 aromatic heterocycles. The van der Waals surface area contributed by atoms with E-state index in [9.17, 15) is 19.5 Å². The third-order valence-corrected chi connectivity index (χ3v) is 6.00. The maximum absolute atomic E-state index is 12.1. The van der Waals surface area contributed by atoms with Gasteiger partial charge in [-0.15, -0.1) is 0 Å². The zero-order valence-electron chi connectivity index (χ0n) is 17.8. The Labute approximate surface area is 209 Å². The lowest BCUT2D eigenvalue weighted by Gasteiger charge is -2.14. The second-order valence-corrected chi connectivity index (χ2v) is 8.68. The molecule has 0 saturated heterocycles. The van der Waals surface area contributed by atoms with E-state index >= 15 is 0 Å². The molecule has 0 bridgehead atoms. The number of fused-ring (bicyclic) bond motifs is 3. The predicted molar refractivity (Wildman–Crippen MR) is 136 cm³/mol. The lowest BCUT2D eigenvalue weighted by molar-refractivity contribution is -0.111. The van der Waals surface area contributed by atoms with Crippen molar-refractivity contribution in [2.45, 2.75) is 5.92 Å². The monoisotopic (exact) mass is 566 g/mol. The number of hydrogen-bond acceptors (Lipinski definition) is 4. The number of halogens is 1. The number of amides is 2. The minimum Gasteiger partial charge on any atom is -0.478 e. The highest BCUT2D eigenvalue weighted by Crippen LogP contribution is 2.44. The summed E-state index contributed by atoms with van der Waals surface area (Å²) in [5, 5.41) is 14.2. The van der Waals surface area contributed by atoms with E-state index in [1.807, 2.05) is 59.0 Å². The summed E-state index contributed by atoms with van der Waals surface area (Å²) < 4.78 is 6.14. The van der Waals surface area contributed by atoms with Gasteiger partial charge in [0.15, 0.2) is 0 Å². The first kappa shape index (κ1) is 23.3. The van der Waals surface area contributed by atoms with Gasteiger partial charge in [0.2, 0.25) is 0 Å². The van der Waals surface area contributed by atoms with E-state index in [2.05, 4.69) is 34.6 Å². The largest absolute Gasteiger partial charge is 0.478 e. The summed E-state index contributed by atoms with van der Waals surface area (Å²) in [4.78, 5) is 35.5. The number of carboxylic acid groups (broad SMARTS) is 1. The lowest BCUT2D eigenvalue weighted by Crippen LogP contribution is -2.26. The molecule has 4 rings (SSSR count). The van der Waals surface area contributed by atoms with Gasteiger partial charge in [0.1, 0.15) is 6.61 Å². The number of carbonyl (C=O) groups is 3. The maximum atomic E-state index is 12.1. The van der Waals surface area contributed by atoms with Gasteiger partial charge in [-0.1, -0.05) is 54.5 Å². The van der Waals surface area contributed by atoms with Crippen LogP contribution in [0.15, 0.2) is 66.7 Å². The number of anilines is 1. The van der Waals surface area contributed by atoms with Crippen molar-refractivity contribution in [3.8, 4) is 23.0 Å². The Balaban J connectivity index is 1.29. The van der Waals surface area contributed by atoms with Crippen LogP contribution in [0, 0.1) is 15.4 Å². The highest BCUT2D eigenvalue weighted by atomic mass is 127. The molecule has 7 nitrogen and oxygen atoms in total. The van der Waals surface area contributed by atoms with Crippen molar-refractivity contribution in [1.29, 1.82) is 0 Å². The summed E-state index contributed by atoms with van der Waals surface area (Å²) in [6.45, 7) is 0.0844. The molecular weight excluding hydrogens is 547 g/mol. The van der Waals surface area contributed by atoms with Crippen LogP contribution in [0.5, 0.6) is 0 Å². The van der Waals surface area contributed by atoms with Gasteiger partial charge >= 0.3 is 12.1 Å². The summed E-state index contributed by atoms with van der Waals surface area (Å²) in [5.41, 5.74) is 4.63. The van der Waals surface area contributed by atoms with Crippen LogP contribution < -0.4 is 10.6 Å². The molecule has 3 N–H and O–H groups in total. The summed E-state index contributed by atoms with van der Waals surface area (Å²) in [6.07, 6.45) is -0.637. The predicted octanol–water partition coefficient (Wildman–Crippen LogP) is 4.47.